The zero-order valence-corrected chi connectivity index (χ0v) is 58.2. The number of piperidine rings is 1. The highest BCUT2D eigenvalue weighted by atomic mass is 16.7. The van der Waals surface area contributed by atoms with Crippen molar-refractivity contribution in [2.24, 2.45) is 45.3 Å². The molecule has 5 aliphatic rings. The second-order valence-electron chi connectivity index (χ2n) is 26.8. The van der Waals surface area contributed by atoms with Crippen molar-refractivity contribution in [2.45, 2.75) is 175 Å². The number of urea groups is 1. The topological polar surface area (TPSA) is 415 Å². The summed E-state index contributed by atoms with van der Waals surface area (Å²) in [6.07, 6.45) is 7.12. The number of ketones is 1. The van der Waals surface area contributed by atoms with E-state index in [-0.39, 0.29) is 132 Å². The van der Waals surface area contributed by atoms with Crippen molar-refractivity contribution in [3.63, 3.8) is 0 Å². The third-order valence-electron chi connectivity index (χ3n) is 19.1. The number of aliphatic hydroxyl groups excluding tert-OH is 2. The SMILES string of the molecule is CO[C@H]1/C=C/O[C@@]2(C)Oc3c(C)c(O)c4c(O)c(c5c(c4c3C2=O)NC2(CCN(C(=O)OCc3ccc(NC(=O)[C@H](CCCNC(N)=O)NC(=O)[C@@H](NC(=O)CCCCCN4C(=O)C=CC4=O)C(C)C)cc3)CC2)N=5)=NC(=O)/C(C)=C\C=C\[C@H](C)[C@H](O)[C@@H](C)[C@@H](O)[C@@H](C)[C@H](OC(C)=O)[C@@H]1C. The van der Waals surface area contributed by atoms with Crippen molar-refractivity contribution in [3.05, 3.63) is 100.0 Å². The number of aromatic hydroxyl groups is 2. The molecule has 0 unspecified atom stereocenters. The van der Waals surface area contributed by atoms with Gasteiger partial charge >= 0.3 is 23.9 Å². The molecule has 5 aliphatic heterocycles. The largest absolute Gasteiger partial charge is 0.507 e. The van der Waals surface area contributed by atoms with E-state index in [0.717, 1.165) is 4.90 Å². The first-order valence-corrected chi connectivity index (χ1v) is 33.6. The van der Waals surface area contributed by atoms with Gasteiger partial charge in [0, 0.05) is 124 Å². The summed E-state index contributed by atoms with van der Waals surface area (Å²) in [4.78, 5) is 144. The van der Waals surface area contributed by atoms with Gasteiger partial charge < -0.3 is 81.3 Å². The number of phenols is 2. The number of phenolic OH excluding ortho intramolecular Hbond substituents is 2. The van der Waals surface area contributed by atoms with Crippen molar-refractivity contribution >= 4 is 81.5 Å². The summed E-state index contributed by atoms with van der Waals surface area (Å²) in [5, 5.41) is 61.3. The average molecular weight is 1390 g/mol. The molecule has 11 N–H and O–H groups in total. The molecular weight excluding hydrogens is 1300 g/mol. The molecule has 29 nitrogen and oxygen atoms in total. The number of nitrogens with one attached hydrogen (secondary N) is 5. The predicted octanol–water partition coefficient (Wildman–Crippen LogP) is 4.93. The fourth-order valence-corrected chi connectivity index (χ4v) is 13.0. The Hall–Kier alpha value is -9.74. The van der Waals surface area contributed by atoms with Gasteiger partial charge in [-0.15, -0.1) is 0 Å². The molecule has 100 heavy (non-hydrogen) atoms. The highest BCUT2D eigenvalue weighted by Crippen LogP contribution is 2.51. The maximum absolute atomic E-state index is 15.0. The number of benzene rings is 3. The lowest BCUT2D eigenvalue weighted by molar-refractivity contribution is -0.160. The van der Waals surface area contributed by atoms with Gasteiger partial charge in [0.05, 0.1) is 41.2 Å². The molecule has 4 bridgehead atoms. The Kier molecular flexibility index (Phi) is 24.7. The number of likely N-dealkylation sites (tertiary alicyclic amines) is 1. The number of carbonyl (C=O) groups excluding carboxylic acids is 10. The number of nitrogens with two attached hydrogens (primary N) is 1. The van der Waals surface area contributed by atoms with Crippen LogP contribution in [0, 0.1) is 36.5 Å². The molecule has 1 fully saturated rings. The van der Waals surface area contributed by atoms with E-state index < -0.39 is 131 Å². The molecule has 5 heterocycles. The van der Waals surface area contributed by atoms with Gasteiger partial charge in [-0.05, 0) is 69.2 Å². The van der Waals surface area contributed by atoms with E-state index in [0.29, 0.717) is 30.5 Å². The molecular formula is C71H92N10O19. The summed E-state index contributed by atoms with van der Waals surface area (Å²) >= 11 is 0. The lowest BCUT2D eigenvalue weighted by Crippen LogP contribution is -2.54. The Morgan fingerprint density at radius 2 is 1.52 bits per heavy atom. The van der Waals surface area contributed by atoms with Crippen LogP contribution in [0.15, 0.2) is 82.5 Å². The number of ether oxygens (including phenoxy) is 5. The third-order valence-corrected chi connectivity index (χ3v) is 19.1. The number of hydrogen-bond donors (Lipinski definition) is 10. The van der Waals surface area contributed by atoms with Crippen molar-refractivity contribution < 1.29 is 92.1 Å². The molecule has 0 saturated carbocycles. The maximum Gasteiger partial charge on any atom is 0.410 e. The summed E-state index contributed by atoms with van der Waals surface area (Å²) in [5.41, 5.74) is 5.06. The first kappa shape index (κ1) is 76.0. The van der Waals surface area contributed by atoms with Crippen LogP contribution in [0.2, 0.25) is 0 Å². The minimum Gasteiger partial charge on any atom is -0.507 e. The van der Waals surface area contributed by atoms with E-state index in [1.54, 1.807) is 78.0 Å². The number of fused-ring (bicyclic) bond motifs is 1. The van der Waals surface area contributed by atoms with Crippen molar-refractivity contribution in [2.75, 3.05) is 43.9 Å². The van der Waals surface area contributed by atoms with Crippen LogP contribution in [0.1, 0.15) is 135 Å². The van der Waals surface area contributed by atoms with Crippen molar-refractivity contribution in [3.8, 4) is 17.2 Å². The highest BCUT2D eigenvalue weighted by molar-refractivity contribution is 6.22. The van der Waals surface area contributed by atoms with Crippen LogP contribution in [0.5, 0.6) is 17.2 Å². The maximum atomic E-state index is 15.0. The quantitative estimate of drug-likeness (QED) is 0.0310. The lowest BCUT2D eigenvalue weighted by Gasteiger charge is -2.38. The molecule has 29 heteroatoms. The molecule has 0 radical (unpaired) electrons. The summed E-state index contributed by atoms with van der Waals surface area (Å²) in [5.74, 6) is -11.0. The first-order valence-electron chi connectivity index (χ1n) is 33.6. The number of imide groups is 1. The number of esters is 1. The van der Waals surface area contributed by atoms with Crippen LogP contribution >= 0.6 is 0 Å². The number of hydrogen-bond acceptors (Lipinski definition) is 21. The minimum absolute atomic E-state index is 0.00862. The Balaban J connectivity index is 0.976. The highest BCUT2D eigenvalue weighted by Gasteiger charge is 2.51. The Bertz CT molecular complexity index is 3920. The summed E-state index contributed by atoms with van der Waals surface area (Å²) < 4.78 is 29.9. The smallest absolute Gasteiger partial charge is 0.410 e. The zero-order chi connectivity index (χ0) is 73.2. The van der Waals surface area contributed by atoms with E-state index in [9.17, 15) is 63.6 Å². The Morgan fingerprint density at radius 1 is 0.840 bits per heavy atom. The summed E-state index contributed by atoms with van der Waals surface area (Å²) in [6, 6.07) is 3.51. The number of unbranched alkanes of at least 4 members (excludes halogenated alkanes) is 2. The number of amides is 9. The Labute approximate surface area is 578 Å². The lowest BCUT2D eigenvalue weighted by atomic mass is 9.78. The minimum atomic E-state index is -2.10. The van der Waals surface area contributed by atoms with Crippen molar-refractivity contribution in [1.29, 1.82) is 0 Å². The van der Waals surface area contributed by atoms with Crippen LogP contribution in [-0.4, -0.2) is 171 Å². The van der Waals surface area contributed by atoms with Gasteiger partial charge in [0.2, 0.25) is 17.7 Å². The van der Waals surface area contributed by atoms with Crippen LogP contribution in [0.4, 0.5) is 21.0 Å². The van der Waals surface area contributed by atoms with Gasteiger partial charge in [0.25, 0.3) is 23.5 Å². The fourth-order valence-electron chi connectivity index (χ4n) is 13.0. The van der Waals surface area contributed by atoms with Gasteiger partial charge in [-0.2, -0.15) is 0 Å². The van der Waals surface area contributed by atoms with Crippen LogP contribution < -0.4 is 47.8 Å². The zero-order valence-electron chi connectivity index (χ0n) is 58.2. The second-order valence-corrected chi connectivity index (χ2v) is 26.8. The molecule has 0 aromatic heterocycles. The Morgan fingerprint density at radius 3 is 2.16 bits per heavy atom. The third kappa shape index (κ3) is 17.3. The molecule has 0 aliphatic carbocycles. The van der Waals surface area contributed by atoms with E-state index in [2.05, 4.69) is 31.6 Å². The number of Topliss-reactive ketones (excluding diaryl/α,β-unsaturated/α-hetero) is 1. The van der Waals surface area contributed by atoms with Crippen molar-refractivity contribution in [1.82, 2.24) is 25.8 Å². The van der Waals surface area contributed by atoms with Crippen LogP contribution in [0.25, 0.3) is 10.8 Å². The normalized spacial score (nSPS) is 25.3. The number of primary amides is 1. The van der Waals surface area contributed by atoms with E-state index >= 15 is 4.79 Å². The molecule has 1 spiro atoms. The predicted molar refractivity (Wildman–Crippen MR) is 363 cm³/mol. The second kappa shape index (κ2) is 32.5. The van der Waals surface area contributed by atoms with Gasteiger partial charge in [-0.1, -0.05) is 78.3 Å². The number of methoxy groups -OCH3 is 1. The molecule has 8 rings (SSSR count). The molecule has 1 saturated heterocycles. The monoisotopic (exact) mass is 1390 g/mol. The number of carbonyl (C=O) groups is 10. The molecule has 9 amide bonds. The number of aliphatic hydroxyl groups is 2. The molecule has 3 aromatic carbocycles. The summed E-state index contributed by atoms with van der Waals surface area (Å²) in [7, 11) is 1.42. The first-order chi connectivity index (χ1) is 47.3. The average Bonchev–Trinajstić information content (AvgIpc) is 1.52. The summed E-state index contributed by atoms with van der Waals surface area (Å²) in [6.45, 7) is 16.2. The van der Waals surface area contributed by atoms with Gasteiger partial charge in [-0.3, -0.25) is 48.2 Å². The molecule has 3 aromatic rings. The van der Waals surface area contributed by atoms with Crippen LogP contribution in [-0.2, 0) is 59.1 Å². The molecule has 11 atom stereocenters. The number of rotatable bonds is 20. The van der Waals surface area contributed by atoms with E-state index in [1.807, 2.05) is 0 Å². The van der Waals surface area contributed by atoms with E-state index in [1.165, 1.54) is 70.3 Å². The van der Waals surface area contributed by atoms with Gasteiger partial charge in [0.1, 0.15) is 52.7 Å². The van der Waals surface area contributed by atoms with Gasteiger partial charge in [0.15, 0.2) is 5.75 Å². The fraction of sp³-hybridized carbons (Fsp3) is 0.521. The van der Waals surface area contributed by atoms with Crippen LogP contribution in [0.3, 0.4) is 0 Å². The molecule has 540 valence electrons. The standard InChI is InChI=1S/C71H92N10O19/c1-36(2)54(76-48(83)20-13-12-14-31-81-49(84)25-26-50(81)85)67(93)75-46(19-16-30-73-68(72)94)66(92)74-45-23-21-44(22-24-45)35-97-69(95)80-32-28-71(29-33-80)78-55-51-52-60(88)42(8)63-53(51)64(90)70(10,100-63)98-34-27-47(96-11)39(5)62(99-43(9)82)41(7)59(87)40(6)58(86)37(3)17-15-18-38(4)65(91)77-57(61(52)89)56(55)79-71/h15,17-18,21-27,34,36-37,39-41,46-47,54,58-59,62,78,86-89H,12-14,16,19-20,28-33,35H2,1-11H3,(H,74,92)(H,75,93)(H,76,83)(H3,72,73,94)/b17-15+,34-27+,38-18-,77-57?/t37-,39+,40+,41+,46-,47-,54-,58-,59+,62+,70-/m0/s1. The number of nitrogens with zero attached hydrogens (tertiary/aromatic N) is 4. The van der Waals surface area contributed by atoms with Gasteiger partial charge in [-0.25, -0.2) is 14.6 Å². The number of allylic oxidation sites excluding steroid dienone is 2. The van der Waals surface area contributed by atoms with E-state index in [4.69, 9.17) is 34.4 Å². The number of anilines is 2.